The van der Waals surface area contributed by atoms with Crippen molar-refractivity contribution in [2.24, 2.45) is 5.92 Å². The fourth-order valence-electron chi connectivity index (χ4n) is 2.73. The maximum absolute atomic E-state index is 12.2. The molecule has 2 atom stereocenters. The van der Waals surface area contributed by atoms with E-state index >= 15 is 0 Å². The third-order valence-corrected chi connectivity index (χ3v) is 4.14. The summed E-state index contributed by atoms with van der Waals surface area (Å²) >= 11 is 0. The largest absolute Gasteiger partial charge is 0.497 e. The number of carbonyl (C=O) groups excluding carboxylic acids is 3. The molecular weight excluding hydrogens is 332 g/mol. The third kappa shape index (κ3) is 6.20. The predicted octanol–water partition coefficient (Wildman–Crippen LogP) is 1.86. The van der Waals surface area contributed by atoms with Gasteiger partial charge in [0.25, 0.3) is 0 Å². The molecule has 2 rings (SSSR count). The first-order valence-electron chi connectivity index (χ1n) is 8.57. The van der Waals surface area contributed by atoms with Gasteiger partial charge in [0.1, 0.15) is 5.75 Å². The van der Waals surface area contributed by atoms with E-state index in [1.165, 1.54) is 19.1 Å². The maximum atomic E-state index is 12.2. The molecule has 2 amide bonds. The van der Waals surface area contributed by atoms with E-state index in [1.54, 1.807) is 19.3 Å². The van der Waals surface area contributed by atoms with Gasteiger partial charge in [0.05, 0.1) is 7.11 Å². The van der Waals surface area contributed by atoms with Crippen LogP contribution in [0, 0.1) is 5.92 Å². The standard InChI is InChI=1S/C20H24N2O4/c1-14(23)3-7-17(13-16-11-12-21-20(16)25)22-19(24)10-6-15-4-8-18(26-2)9-5-15/h3-10,16-17H,11-13H2,1-2H3,(H,21,25)(H,22,24)/b7-3+,10-6+. The summed E-state index contributed by atoms with van der Waals surface area (Å²) in [6, 6.07) is 6.95. The molecule has 1 fully saturated rings. The van der Waals surface area contributed by atoms with Gasteiger partial charge in [-0.15, -0.1) is 0 Å². The summed E-state index contributed by atoms with van der Waals surface area (Å²) < 4.78 is 5.09. The zero-order chi connectivity index (χ0) is 18.9. The first kappa shape index (κ1) is 19.4. The lowest BCUT2D eigenvalue weighted by Gasteiger charge is -2.16. The maximum Gasteiger partial charge on any atom is 0.244 e. The molecule has 6 nitrogen and oxygen atoms in total. The van der Waals surface area contributed by atoms with E-state index in [0.717, 1.165) is 17.7 Å². The van der Waals surface area contributed by atoms with Crippen molar-refractivity contribution in [1.29, 1.82) is 0 Å². The molecule has 0 radical (unpaired) electrons. The highest BCUT2D eigenvalue weighted by molar-refractivity contribution is 5.92. The highest BCUT2D eigenvalue weighted by Gasteiger charge is 2.26. The second-order valence-corrected chi connectivity index (χ2v) is 6.20. The van der Waals surface area contributed by atoms with E-state index in [9.17, 15) is 14.4 Å². The Balaban J connectivity index is 1.98. The Hall–Kier alpha value is -2.89. The molecule has 26 heavy (non-hydrogen) atoms. The number of rotatable bonds is 8. The summed E-state index contributed by atoms with van der Waals surface area (Å²) in [6.45, 7) is 2.10. The highest BCUT2D eigenvalue weighted by atomic mass is 16.5. The molecular formula is C20H24N2O4. The highest BCUT2D eigenvalue weighted by Crippen LogP contribution is 2.17. The third-order valence-electron chi connectivity index (χ3n) is 4.14. The van der Waals surface area contributed by atoms with Crippen LogP contribution in [0.3, 0.4) is 0 Å². The van der Waals surface area contributed by atoms with E-state index in [1.807, 2.05) is 24.3 Å². The molecule has 0 bridgehead atoms. The van der Waals surface area contributed by atoms with Gasteiger partial charge in [-0.25, -0.2) is 0 Å². The topological polar surface area (TPSA) is 84.5 Å². The van der Waals surface area contributed by atoms with Gasteiger partial charge in [-0.05, 0) is 49.6 Å². The SMILES string of the molecule is COc1ccc(/C=C/C(=O)NC(/C=C/C(C)=O)CC2CCNC2=O)cc1. The summed E-state index contributed by atoms with van der Waals surface area (Å²) in [4.78, 5) is 35.2. The number of nitrogens with one attached hydrogen (secondary N) is 2. The molecule has 1 aromatic carbocycles. The average molecular weight is 356 g/mol. The molecule has 6 heteroatoms. The van der Waals surface area contributed by atoms with Gasteiger partial charge >= 0.3 is 0 Å². The number of ketones is 1. The minimum absolute atomic E-state index is 0.00533. The Morgan fingerprint density at radius 3 is 2.62 bits per heavy atom. The number of benzene rings is 1. The number of hydrogen-bond donors (Lipinski definition) is 2. The zero-order valence-corrected chi connectivity index (χ0v) is 15.0. The monoisotopic (exact) mass is 356 g/mol. The Labute approximate surface area is 153 Å². The summed E-state index contributed by atoms with van der Waals surface area (Å²) in [5.74, 6) is 0.207. The molecule has 0 aliphatic carbocycles. The summed E-state index contributed by atoms with van der Waals surface area (Å²) in [7, 11) is 1.59. The second-order valence-electron chi connectivity index (χ2n) is 6.20. The number of methoxy groups -OCH3 is 1. The molecule has 1 heterocycles. The average Bonchev–Trinajstić information content (AvgIpc) is 3.03. The number of amides is 2. The molecule has 1 aromatic rings. The van der Waals surface area contributed by atoms with Crippen LogP contribution in [0.15, 0.2) is 42.5 Å². The Bertz CT molecular complexity index is 707. The minimum Gasteiger partial charge on any atom is -0.497 e. The van der Waals surface area contributed by atoms with Gasteiger partial charge in [-0.2, -0.15) is 0 Å². The van der Waals surface area contributed by atoms with Crippen LogP contribution in [0.5, 0.6) is 5.75 Å². The number of carbonyl (C=O) groups is 3. The number of allylic oxidation sites excluding steroid dienone is 1. The van der Waals surface area contributed by atoms with Gasteiger partial charge in [0.2, 0.25) is 11.8 Å². The molecule has 2 N–H and O–H groups in total. The first-order valence-corrected chi connectivity index (χ1v) is 8.57. The van der Waals surface area contributed by atoms with Crippen LogP contribution in [0.25, 0.3) is 6.08 Å². The van der Waals surface area contributed by atoms with Crippen molar-refractivity contribution in [3.63, 3.8) is 0 Å². The van der Waals surface area contributed by atoms with Crippen LogP contribution in [-0.4, -0.2) is 37.3 Å². The van der Waals surface area contributed by atoms with Crippen molar-refractivity contribution in [1.82, 2.24) is 10.6 Å². The van der Waals surface area contributed by atoms with Crippen molar-refractivity contribution >= 4 is 23.7 Å². The van der Waals surface area contributed by atoms with E-state index in [4.69, 9.17) is 4.74 Å². The molecule has 1 aliphatic heterocycles. The lowest BCUT2D eigenvalue weighted by molar-refractivity contribution is -0.123. The van der Waals surface area contributed by atoms with E-state index in [-0.39, 0.29) is 29.6 Å². The molecule has 0 aromatic heterocycles. The quantitative estimate of drug-likeness (QED) is 0.697. The van der Waals surface area contributed by atoms with E-state index in [0.29, 0.717) is 13.0 Å². The molecule has 2 unspecified atom stereocenters. The Morgan fingerprint density at radius 1 is 1.31 bits per heavy atom. The van der Waals surface area contributed by atoms with E-state index in [2.05, 4.69) is 10.6 Å². The van der Waals surface area contributed by atoms with Gasteiger partial charge in [-0.3, -0.25) is 14.4 Å². The van der Waals surface area contributed by atoms with Crippen molar-refractivity contribution in [2.45, 2.75) is 25.8 Å². The Kier molecular flexibility index (Phi) is 7.14. The van der Waals surface area contributed by atoms with Crippen molar-refractivity contribution in [2.75, 3.05) is 13.7 Å². The van der Waals surface area contributed by atoms with Crippen LogP contribution < -0.4 is 15.4 Å². The summed E-state index contributed by atoms with van der Waals surface area (Å²) in [6.07, 6.45) is 7.41. The normalized spacial score (nSPS) is 18.1. The molecule has 0 saturated carbocycles. The van der Waals surface area contributed by atoms with Crippen molar-refractivity contribution < 1.29 is 19.1 Å². The van der Waals surface area contributed by atoms with Gasteiger partial charge in [0, 0.05) is 24.6 Å². The molecule has 0 spiro atoms. The fourth-order valence-corrected chi connectivity index (χ4v) is 2.73. The molecule has 1 aliphatic rings. The van der Waals surface area contributed by atoms with Crippen LogP contribution in [0.4, 0.5) is 0 Å². The summed E-state index contributed by atoms with van der Waals surface area (Å²) in [5, 5.41) is 5.63. The van der Waals surface area contributed by atoms with Crippen LogP contribution in [0.2, 0.25) is 0 Å². The van der Waals surface area contributed by atoms with Crippen molar-refractivity contribution in [3.05, 3.63) is 48.1 Å². The lowest BCUT2D eigenvalue weighted by atomic mass is 9.97. The van der Waals surface area contributed by atoms with E-state index < -0.39 is 0 Å². The molecule has 1 saturated heterocycles. The van der Waals surface area contributed by atoms with Gasteiger partial charge < -0.3 is 15.4 Å². The minimum atomic E-state index is -0.374. The number of ether oxygens (including phenoxy) is 1. The Morgan fingerprint density at radius 2 is 2.04 bits per heavy atom. The zero-order valence-electron chi connectivity index (χ0n) is 15.0. The van der Waals surface area contributed by atoms with Gasteiger partial charge in [-0.1, -0.05) is 18.2 Å². The van der Waals surface area contributed by atoms with Crippen LogP contribution >= 0.6 is 0 Å². The first-order chi connectivity index (χ1) is 12.5. The summed E-state index contributed by atoms with van der Waals surface area (Å²) in [5.41, 5.74) is 0.868. The van der Waals surface area contributed by atoms with Crippen LogP contribution in [-0.2, 0) is 14.4 Å². The smallest absolute Gasteiger partial charge is 0.244 e. The fraction of sp³-hybridized carbons (Fsp3) is 0.350. The predicted molar refractivity (Wildman–Crippen MR) is 99.5 cm³/mol. The second kappa shape index (κ2) is 9.56. The number of hydrogen-bond acceptors (Lipinski definition) is 4. The van der Waals surface area contributed by atoms with Gasteiger partial charge in [0.15, 0.2) is 5.78 Å². The van der Waals surface area contributed by atoms with Crippen LogP contribution in [0.1, 0.15) is 25.3 Å². The molecule has 138 valence electrons. The van der Waals surface area contributed by atoms with Crippen molar-refractivity contribution in [3.8, 4) is 5.75 Å². The lowest BCUT2D eigenvalue weighted by Crippen LogP contribution is -2.35.